The molecule has 0 saturated heterocycles. The second-order valence-corrected chi connectivity index (χ2v) is 5.19. The molecule has 23 heavy (non-hydrogen) atoms. The van der Waals surface area contributed by atoms with E-state index < -0.39 is 0 Å². The molecule has 3 aromatic rings. The van der Waals surface area contributed by atoms with Crippen LogP contribution < -0.4 is 0 Å². The molecule has 0 aliphatic heterocycles. The quantitative estimate of drug-likeness (QED) is 0.673. The topological polar surface area (TPSA) is 78.4 Å². The number of aromatic nitrogens is 2. The number of esters is 1. The molecule has 118 valence electrons. The summed E-state index contributed by atoms with van der Waals surface area (Å²) >= 11 is 0. The Morgan fingerprint density at radius 3 is 2.61 bits per heavy atom. The van der Waals surface area contributed by atoms with Gasteiger partial charge < -0.3 is 13.8 Å². The highest BCUT2D eigenvalue weighted by atomic mass is 16.5. The normalized spacial score (nSPS) is 10.7. The van der Waals surface area contributed by atoms with E-state index in [0.717, 1.165) is 11.1 Å². The molecule has 1 aromatic carbocycles. The highest BCUT2D eigenvalue weighted by Crippen LogP contribution is 2.20. The first-order valence-corrected chi connectivity index (χ1v) is 7.22. The smallest absolute Gasteiger partial charge is 0.310 e. The van der Waals surface area contributed by atoms with Gasteiger partial charge >= 0.3 is 5.97 Å². The van der Waals surface area contributed by atoms with Gasteiger partial charge in [-0.2, -0.15) is 0 Å². The summed E-state index contributed by atoms with van der Waals surface area (Å²) in [4.78, 5) is 11.9. The van der Waals surface area contributed by atoms with Crippen molar-refractivity contribution in [3.8, 4) is 11.3 Å². The van der Waals surface area contributed by atoms with E-state index in [4.69, 9.17) is 13.8 Å². The Hall–Kier alpha value is -2.89. The van der Waals surface area contributed by atoms with Crippen LogP contribution in [-0.2, 0) is 22.6 Å². The predicted molar refractivity (Wildman–Crippen MR) is 81.4 cm³/mol. The molecule has 2 aromatic heterocycles. The third kappa shape index (κ3) is 3.48. The zero-order valence-corrected chi connectivity index (χ0v) is 12.9. The summed E-state index contributed by atoms with van der Waals surface area (Å²) in [5.41, 5.74) is 2.96. The van der Waals surface area contributed by atoms with Crippen molar-refractivity contribution in [3.63, 3.8) is 0 Å². The number of ether oxygens (including phenoxy) is 1. The summed E-state index contributed by atoms with van der Waals surface area (Å²) < 4.78 is 15.5. The molecular weight excluding hydrogens is 296 g/mol. The first-order valence-electron chi connectivity index (χ1n) is 7.22. The third-order valence-electron chi connectivity index (χ3n) is 3.50. The lowest BCUT2D eigenvalue weighted by Crippen LogP contribution is -2.09. The van der Waals surface area contributed by atoms with E-state index in [1.807, 2.05) is 30.3 Å². The van der Waals surface area contributed by atoms with Gasteiger partial charge in [0.1, 0.15) is 18.1 Å². The van der Waals surface area contributed by atoms with Crippen molar-refractivity contribution in [2.45, 2.75) is 26.9 Å². The molecule has 0 atom stereocenters. The molecule has 0 spiro atoms. The van der Waals surface area contributed by atoms with Gasteiger partial charge in [-0.25, -0.2) is 0 Å². The molecule has 6 heteroatoms. The van der Waals surface area contributed by atoms with E-state index in [1.165, 1.54) is 0 Å². The van der Waals surface area contributed by atoms with Crippen LogP contribution in [0.1, 0.15) is 22.7 Å². The molecule has 0 unspecified atom stereocenters. The SMILES string of the molecule is Cc1noc(C)c1CC(=O)OCc1cc(-c2ccccc2)on1. The van der Waals surface area contributed by atoms with Crippen molar-refractivity contribution >= 4 is 5.97 Å². The molecular formula is C17H16N2O4. The van der Waals surface area contributed by atoms with E-state index in [0.29, 0.717) is 22.9 Å². The van der Waals surface area contributed by atoms with E-state index in [-0.39, 0.29) is 19.0 Å². The van der Waals surface area contributed by atoms with Gasteiger partial charge in [0.25, 0.3) is 0 Å². The number of aryl methyl sites for hydroxylation is 2. The lowest BCUT2D eigenvalue weighted by atomic mass is 10.1. The first kappa shape index (κ1) is 15.0. The molecule has 0 bridgehead atoms. The largest absolute Gasteiger partial charge is 0.459 e. The van der Waals surface area contributed by atoms with Crippen molar-refractivity contribution in [1.29, 1.82) is 0 Å². The molecule has 0 aliphatic carbocycles. The van der Waals surface area contributed by atoms with Crippen LogP contribution in [-0.4, -0.2) is 16.3 Å². The number of nitrogens with zero attached hydrogens (tertiary/aromatic N) is 2. The summed E-state index contributed by atoms with van der Waals surface area (Å²) in [6, 6.07) is 11.4. The Balaban J connectivity index is 1.59. The van der Waals surface area contributed by atoms with Gasteiger partial charge in [0.2, 0.25) is 0 Å². The summed E-state index contributed by atoms with van der Waals surface area (Å²) in [5.74, 6) is 0.915. The fourth-order valence-electron chi connectivity index (χ4n) is 2.22. The molecule has 0 fully saturated rings. The molecule has 0 amide bonds. The van der Waals surface area contributed by atoms with Crippen LogP contribution in [0.3, 0.4) is 0 Å². The summed E-state index contributed by atoms with van der Waals surface area (Å²) in [7, 11) is 0. The second kappa shape index (κ2) is 6.48. The molecule has 2 heterocycles. The monoisotopic (exact) mass is 312 g/mol. The Kier molecular flexibility index (Phi) is 4.23. The minimum Gasteiger partial charge on any atom is -0.459 e. The van der Waals surface area contributed by atoms with E-state index in [1.54, 1.807) is 19.9 Å². The average Bonchev–Trinajstić information content (AvgIpc) is 3.16. The number of hydrogen-bond acceptors (Lipinski definition) is 6. The lowest BCUT2D eigenvalue weighted by molar-refractivity contribution is -0.144. The minimum absolute atomic E-state index is 0.0680. The second-order valence-electron chi connectivity index (χ2n) is 5.19. The highest BCUT2D eigenvalue weighted by molar-refractivity contribution is 5.73. The van der Waals surface area contributed by atoms with Crippen LogP contribution in [0.15, 0.2) is 45.4 Å². The van der Waals surface area contributed by atoms with Gasteiger partial charge in [0, 0.05) is 17.2 Å². The van der Waals surface area contributed by atoms with Crippen LogP contribution in [0.4, 0.5) is 0 Å². The summed E-state index contributed by atoms with van der Waals surface area (Å²) in [5, 5.41) is 7.73. The summed E-state index contributed by atoms with van der Waals surface area (Å²) in [6.45, 7) is 3.63. The van der Waals surface area contributed by atoms with E-state index >= 15 is 0 Å². The number of rotatable bonds is 5. The Morgan fingerprint density at radius 2 is 1.91 bits per heavy atom. The predicted octanol–water partition coefficient (Wildman–Crippen LogP) is 3.23. The number of benzene rings is 1. The third-order valence-corrected chi connectivity index (χ3v) is 3.50. The van der Waals surface area contributed by atoms with Crippen molar-refractivity contribution in [1.82, 2.24) is 10.3 Å². The Labute approximate surface area is 133 Å². The fraction of sp³-hybridized carbons (Fsp3) is 0.235. The zero-order valence-electron chi connectivity index (χ0n) is 12.9. The molecule has 3 rings (SSSR count). The van der Waals surface area contributed by atoms with Crippen molar-refractivity contribution in [3.05, 3.63) is 59.1 Å². The average molecular weight is 312 g/mol. The maximum atomic E-state index is 11.9. The standard InChI is InChI=1S/C17H16N2O4/c1-11-15(12(2)22-18-11)9-17(20)21-10-14-8-16(23-19-14)13-6-4-3-5-7-13/h3-8H,9-10H2,1-2H3. The van der Waals surface area contributed by atoms with Gasteiger partial charge in [-0.1, -0.05) is 40.6 Å². The maximum Gasteiger partial charge on any atom is 0.310 e. The van der Waals surface area contributed by atoms with Gasteiger partial charge in [0.15, 0.2) is 5.76 Å². The highest BCUT2D eigenvalue weighted by Gasteiger charge is 2.15. The van der Waals surface area contributed by atoms with Crippen molar-refractivity contribution in [2.24, 2.45) is 0 Å². The van der Waals surface area contributed by atoms with Gasteiger partial charge in [-0.15, -0.1) is 0 Å². The molecule has 0 radical (unpaired) electrons. The van der Waals surface area contributed by atoms with Gasteiger partial charge in [-0.3, -0.25) is 4.79 Å². The van der Waals surface area contributed by atoms with Crippen molar-refractivity contribution in [2.75, 3.05) is 0 Å². The molecule has 0 N–H and O–H groups in total. The van der Waals surface area contributed by atoms with E-state index in [9.17, 15) is 4.79 Å². The van der Waals surface area contributed by atoms with Crippen LogP contribution in [0.5, 0.6) is 0 Å². The maximum absolute atomic E-state index is 11.9. The molecule has 6 nitrogen and oxygen atoms in total. The number of hydrogen-bond donors (Lipinski definition) is 0. The minimum atomic E-state index is -0.358. The van der Waals surface area contributed by atoms with Crippen LogP contribution in [0, 0.1) is 13.8 Å². The Morgan fingerprint density at radius 1 is 1.13 bits per heavy atom. The lowest BCUT2D eigenvalue weighted by Gasteiger charge is -2.01. The number of carbonyl (C=O) groups excluding carboxylic acids is 1. The molecule has 0 saturated carbocycles. The Bertz CT molecular complexity index is 786. The van der Waals surface area contributed by atoms with Gasteiger partial charge in [-0.05, 0) is 13.8 Å². The van der Waals surface area contributed by atoms with E-state index in [2.05, 4.69) is 10.3 Å². The number of carbonyl (C=O) groups is 1. The fourth-order valence-corrected chi connectivity index (χ4v) is 2.22. The molecule has 0 aliphatic rings. The van der Waals surface area contributed by atoms with Gasteiger partial charge in [0.05, 0.1) is 12.1 Å². The zero-order chi connectivity index (χ0) is 16.2. The van der Waals surface area contributed by atoms with Crippen LogP contribution in [0.25, 0.3) is 11.3 Å². The summed E-state index contributed by atoms with van der Waals surface area (Å²) in [6.07, 6.45) is 0.130. The van der Waals surface area contributed by atoms with Crippen LogP contribution >= 0.6 is 0 Å². The van der Waals surface area contributed by atoms with Crippen molar-refractivity contribution < 1.29 is 18.6 Å². The van der Waals surface area contributed by atoms with Crippen LogP contribution in [0.2, 0.25) is 0 Å². The first-order chi connectivity index (χ1) is 11.1.